The maximum Gasteiger partial charge on any atom is 0.246 e. The molecule has 36 heavy (non-hydrogen) atoms. The minimum atomic E-state index is -0.941. The molecule has 3 aliphatic carbocycles. The number of aliphatic hydroxyl groups is 1. The molecule has 1 aromatic carbocycles. The van der Waals surface area contributed by atoms with Gasteiger partial charge in [0.05, 0.1) is 29.6 Å². The van der Waals surface area contributed by atoms with Crippen molar-refractivity contribution in [3.63, 3.8) is 0 Å². The van der Waals surface area contributed by atoms with Crippen LogP contribution in [0.15, 0.2) is 41.2 Å². The molecule has 2 saturated carbocycles. The van der Waals surface area contributed by atoms with Gasteiger partial charge >= 0.3 is 0 Å². The fraction of sp³-hybridized carbons (Fsp3) is 0.536. The molecule has 3 fully saturated rings. The lowest BCUT2D eigenvalue weighted by molar-refractivity contribution is -0.200. The van der Waals surface area contributed by atoms with Crippen LogP contribution in [0.3, 0.4) is 0 Å². The molecule has 5 aliphatic rings. The lowest BCUT2D eigenvalue weighted by atomic mass is 9.48. The molecule has 7 nitrogen and oxygen atoms in total. The van der Waals surface area contributed by atoms with Crippen molar-refractivity contribution >= 4 is 24.4 Å². The monoisotopic (exact) mass is 512 g/mol. The van der Waals surface area contributed by atoms with Crippen molar-refractivity contribution in [2.75, 3.05) is 20.1 Å². The summed E-state index contributed by atoms with van der Waals surface area (Å²) in [5.74, 6) is 1.28. The predicted octanol–water partition coefficient (Wildman–Crippen LogP) is 3.51. The molecule has 3 unspecified atom stereocenters. The minimum absolute atomic E-state index is 0. The molecule has 2 aliphatic heterocycles. The number of ether oxygens (including phenoxy) is 1. The maximum atomic E-state index is 13.2. The number of furan rings is 1. The molecule has 2 N–H and O–H groups in total. The molecule has 3 heterocycles. The van der Waals surface area contributed by atoms with Gasteiger partial charge < -0.3 is 24.3 Å². The number of amides is 1. The number of likely N-dealkylation sites (N-methyl/N-ethyl adjacent to an activating group) is 1. The number of phenolic OH excluding ortho intramolecular Hbond substituents is 1. The summed E-state index contributed by atoms with van der Waals surface area (Å²) >= 11 is 0. The Hall–Kier alpha value is -2.48. The summed E-state index contributed by atoms with van der Waals surface area (Å²) in [6.07, 6.45) is 11.5. The van der Waals surface area contributed by atoms with E-state index >= 15 is 0 Å². The SMILES string of the molecule is CN(C(=O)C=Cc1ccoc1)C1CC[C@@]2(O)C3Cc4ccc(O)c5c4[C@@]2(CCN3CC2CC2)C1O5.Cl. The molecule has 192 valence electrons. The molecule has 1 amide bonds. The number of rotatable bonds is 5. The Labute approximate surface area is 217 Å². The number of hydrogen-bond donors (Lipinski definition) is 2. The summed E-state index contributed by atoms with van der Waals surface area (Å²) in [5.41, 5.74) is 1.44. The van der Waals surface area contributed by atoms with Gasteiger partial charge in [0.1, 0.15) is 6.10 Å². The molecular weight excluding hydrogens is 480 g/mol. The van der Waals surface area contributed by atoms with Crippen LogP contribution < -0.4 is 4.74 Å². The first kappa shape index (κ1) is 23.9. The first-order valence-electron chi connectivity index (χ1n) is 12.9. The van der Waals surface area contributed by atoms with Gasteiger partial charge in [-0.15, -0.1) is 12.4 Å². The fourth-order valence-corrected chi connectivity index (χ4v) is 7.67. The van der Waals surface area contributed by atoms with E-state index in [9.17, 15) is 15.0 Å². The quantitative estimate of drug-likeness (QED) is 0.596. The van der Waals surface area contributed by atoms with Crippen molar-refractivity contribution in [1.29, 1.82) is 0 Å². The lowest BCUT2D eigenvalue weighted by Gasteiger charge is -2.64. The Balaban J connectivity index is 0.00000240. The molecule has 5 atom stereocenters. The smallest absolute Gasteiger partial charge is 0.246 e. The number of benzene rings is 1. The first-order chi connectivity index (χ1) is 16.9. The Morgan fingerprint density at radius 2 is 2.08 bits per heavy atom. The molecule has 2 aromatic rings. The summed E-state index contributed by atoms with van der Waals surface area (Å²) in [7, 11) is 1.82. The highest BCUT2D eigenvalue weighted by molar-refractivity contribution is 5.92. The first-order valence-corrected chi connectivity index (χ1v) is 12.9. The highest BCUT2D eigenvalue weighted by Crippen LogP contribution is 2.66. The van der Waals surface area contributed by atoms with Gasteiger partial charge in [-0.25, -0.2) is 0 Å². The standard InChI is InChI=1S/C28H32N2O5.ClH/c1-29(23(32)7-4-18-9-13-34-16-18)20-8-10-28(33)22-14-19-5-6-21(31)25-24(19)27(28,26(20)35-25)11-12-30(22)15-17-2-3-17;/h4-7,9,13,16-17,20,22,26,31,33H,2-3,8,10-12,14-15H2,1H3;1H/t20?,22?,26?,27-,28+;/m0./s1. The molecule has 8 heteroatoms. The Morgan fingerprint density at radius 1 is 1.25 bits per heavy atom. The van der Waals surface area contributed by atoms with E-state index < -0.39 is 17.1 Å². The zero-order valence-corrected chi connectivity index (χ0v) is 21.2. The number of halogens is 1. The van der Waals surface area contributed by atoms with E-state index in [0.29, 0.717) is 18.6 Å². The fourth-order valence-electron chi connectivity index (χ4n) is 7.67. The Kier molecular flexibility index (Phi) is 5.49. The second-order valence-electron chi connectivity index (χ2n) is 11.2. The Morgan fingerprint density at radius 3 is 2.83 bits per heavy atom. The Bertz CT molecular complexity index is 1210. The van der Waals surface area contributed by atoms with Crippen molar-refractivity contribution in [3.8, 4) is 11.5 Å². The zero-order chi connectivity index (χ0) is 23.9. The van der Waals surface area contributed by atoms with Crippen LogP contribution in [0.5, 0.6) is 11.5 Å². The van der Waals surface area contributed by atoms with E-state index in [1.54, 1.807) is 35.6 Å². The number of hydrogen-bond acceptors (Lipinski definition) is 6. The third-order valence-electron chi connectivity index (χ3n) is 9.54. The van der Waals surface area contributed by atoms with E-state index in [-0.39, 0.29) is 36.1 Å². The van der Waals surface area contributed by atoms with Crippen LogP contribution in [0.25, 0.3) is 6.08 Å². The van der Waals surface area contributed by atoms with Crippen molar-refractivity contribution in [1.82, 2.24) is 9.80 Å². The summed E-state index contributed by atoms with van der Waals surface area (Å²) < 4.78 is 11.7. The number of nitrogens with zero attached hydrogens (tertiary/aromatic N) is 2. The van der Waals surface area contributed by atoms with Gasteiger partial charge in [0.15, 0.2) is 11.5 Å². The van der Waals surface area contributed by atoms with Crippen molar-refractivity contribution < 1.29 is 24.2 Å². The number of aromatic hydroxyl groups is 1. The van der Waals surface area contributed by atoms with Gasteiger partial charge in [-0.2, -0.15) is 0 Å². The van der Waals surface area contributed by atoms with Gasteiger partial charge in [-0.05, 0) is 74.8 Å². The average Bonchev–Trinajstić information content (AvgIpc) is 3.36. The van der Waals surface area contributed by atoms with Crippen molar-refractivity contribution in [3.05, 3.63) is 53.5 Å². The van der Waals surface area contributed by atoms with E-state index in [0.717, 1.165) is 43.0 Å². The maximum absolute atomic E-state index is 13.2. The number of carbonyl (C=O) groups excluding carboxylic acids is 1. The van der Waals surface area contributed by atoms with Gasteiger partial charge in [-0.1, -0.05) is 6.07 Å². The molecule has 1 saturated heterocycles. The van der Waals surface area contributed by atoms with Crippen LogP contribution in [0, 0.1) is 5.92 Å². The van der Waals surface area contributed by atoms with Crippen LogP contribution in [0.4, 0.5) is 0 Å². The van der Waals surface area contributed by atoms with E-state index in [1.807, 2.05) is 19.2 Å². The largest absolute Gasteiger partial charge is 0.504 e. The van der Waals surface area contributed by atoms with E-state index in [2.05, 4.69) is 4.90 Å². The third kappa shape index (κ3) is 3.15. The van der Waals surface area contributed by atoms with Gasteiger partial charge in [0.2, 0.25) is 5.91 Å². The van der Waals surface area contributed by atoms with Crippen LogP contribution in [0.2, 0.25) is 0 Å². The van der Waals surface area contributed by atoms with Gasteiger partial charge in [0.25, 0.3) is 0 Å². The van der Waals surface area contributed by atoms with Crippen LogP contribution in [-0.4, -0.2) is 69.8 Å². The minimum Gasteiger partial charge on any atom is -0.504 e. The highest BCUT2D eigenvalue weighted by Gasteiger charge is 2.73. The zero-order valence-electron chi connectivity index (χ0n) is 20.4. The molecule has 0 radical (unpaired) electrons. The number of piperidine rings is 1. The van der Waals surface area contributed by atoms with Crippen LogP contribution in [0.1, 0.15) is 48.8 Å². The average molecular weight is 513 g/mol. The molecular formula is C28H33ClN2O5. The molecule has 1 spiro atoms. The molecule has 1 aromatic heterocycles. The highest BCUT2D eigenvalue weighted by atomic mass is 35.5. The molecule has 2 bridgehead atoms. The van der Waals surface area contributed by atoms with E-state index in [1.165, 1.54) is 18.4 Å². The van der Waals surface area contributed by atoms with Crippen LogP contribution >= 0.6 is 12.4 Å². The lowest BCUT2D eigenvalue weighted by Crippen LogP contribution is -2.78. The second kappa shape index (κ2) is 8.27. The number of likely N-dealkylation sites (tertiary alicyclic amines) is 1. The topological polar surface area (TPSA) is 86.4 Å². The van der Waals surface area contributed by atoms with E-state index in [4.69, 9.17) is 9.15 Å². The molecule has 7 rings (SSSR count). The van der Waals surface area contributed by atoms with Crippen molar-refractivity contribution in [2.45, 2.75) is 67.7 Å². The predicted molar refractivity (Wildman–Crippen MR) is 136 cm³/mol. The summed E-state index contributed by atoms with van der Waals surface area (Å²) in [6.45, 7) is 1.96. The van der Waals surface area contributed by atoms with Crippen LogP contribution in [-0.2, 0) is 16.6 Å². The van der Waals surface area contributed by atoms with Gasteiger partial charge in [0, 0.05) is 36.8 Å². The normalized spacial score (nSPS) is 34.1. The van der Waals surface area contributed by atoms with Gasteiger partial charge in [-0.3, -0.25) is 9.69 Å². The summed E-state index contributed by atoms with van der Waals surface area (Å²) in [6, 6.07) is 5.38. The number of phenols is 1. The third-order valence-corrected chi connectivity index (χ3v) is 9.54. The second-order valence-corrected chi connectivity index (χ2v) is 11.2. The summed E-state index contributed by atoms with van der Waals surface area (Å²) in [5, 5.41) is 23.3. The summed E-state index contributed by atoms with van der Waals surface area (Å²) in [4.78, 5) is 17.5. The number of carbonyl (C=O) groups is 1. The van der Waals surface area contributed by atoms with Crippen molar-refractivity contribution in [2.24, 2.45) is 5.92 Å².